The summed E-state index contributed by atoms with van der Waals surface area (Å²) >= 11 is 0. The van der Waals surface area contributed by atoms with Crippen LogP contribution in [0.1, 0.15) is 41.3 Å². The summed E-state index contributed by atoms with van der Waals surface area (Å²) in [5.74, 6) is 0.734. The summed E-state index contributed by atoms with van der Waals surface area (Å²) in [6.07, 6.45) is 3.54. The maximum atomic E-state index is 12.7. The minimum Gasteiger partial charge on any atom is -0.336 e. The molecular weight excluding hydrogens is 252 g/mol. The summed E-state index contributed by atoms with van der Waals surface area (Å²) in [6, 6.07) is 2.34. The first-order chi connectivity index (χ1) is 9.63. The van der Waals surface area contributed by atoms with E-state index in [1.807, 2.05) is 18.7 Å². The Kier molecular flexibility index (Phi) is 3.70. The average molecular weight is 274 g/mol. The van der Waals surface area contributed by atoms with Crippen LogP contribution < -0.4 is 0 Å². The summed E-state index contributed by atoms with van der Waals surface area (Å²) in [6.45, 7) is 7.75. The highest BCUT2D eigenvalue weighted by atomic mass is 16.2. The molecule has 0 saturated carbocycles. The van der Waals surface area contributed by atoms with E-state index in [0.29, 0.717) is 17.6 Å². The van der Waals surface area contributed by atoms with Crippen LogP contribution in [0.4, 0.5) is 0 Å². The average Bonchev–Trinajstić information content (AvgIpc) is 2.74. The van der Waals surface area contributed by atoms with E-state index in [1.165, 1.54) is 19.4 Å². The van der Waals surface area contributed by atoms with Crippen LogP contribution >= 0.6 is 0 Å². The molecule has 0 spiro atoms. The molecule has 3 heterocycles. The van der Waals surface area contributed by atoms with E-state index in [2.05, 4.69) is 14.9 Å². The van der Waals surface area contributed by atoms with Crippen LogP contribution in [-0.2, 0) is 0 Å². The topological polar surface area (TPSA) is 49.3 Å². The Labute approximate surface area is 120 Å². The van der Waals surface area contributed by atoms with Crippen LogP contribution in [0.15, 0.2) is 6.07 Å². The zero-order chi connectivity index (χ0) is 14.1. The molecular formula is C15H22N4O. The van der Waals surface area contributed by atoms with Crippen molar-refractivity contribution in [1.29, 1.82) is 0 Å². The molecule has 1 aromatic heterocycles. The number of aryl methyl sites for hydroxylation is 2. The van der Waals surface area contributed by atoms with Gasteiger partial charge in [0.2, 0.25) is 0 Å². The minimum absolute atomic E-state index is 0.0624. The number of nitrogens with zero attached hydrogens (tertiary/aromatic N) is 4. The van der Waals surface area contributed by atoms with Gasteiger partial charge in [-0.15, -0.1) is 0 Å². The van der Waals surface area contributed by atoms with Gasteiger partial charge in [0, 0.05) is 31.4 Å². The molecule has 2 aliphatic rings. The summed E-state index contributed by atoms with van der Waals surface area (Å²) in [5, 5.41) is 0. The molecule has 20 heavy (non-hydrogen) atoms. The fourth-order valence-corrected chi connectivity index (χ4v) is 3.38. The van der Waals surface area contributed by atoms with Gasteiger partial charge in [0.15, 0.2) is 0 Å². The third kappa shape index (κ3) is 2.68. The third-order valence-electron chi connectivity index (χ3n) is 4.28. The van der Waals surface area contributed by atoms with E-state index in [-0.39, 0.29) is 5.91 Å². The zero-order valence-corrected chi connectivity index (χ0v) is 12.3. The van der Waals surface area contributed by atoms with E-state index in [9.17, 15) is 4.79 Å². The van der Waals surface area contributed by atoms with Crippen LogP contribution in [0.5, 0.6) is 0 Å². The Balaban J connectivity index is 1.78. The monoisotopic (exact) mass is 274 g/mol. The highest BCUT2D eigenvalue weighted by Crippen LogP contribution is 2.22. The first-order valence-corrected chi connectivity index (χ1v) is 7.49. The maximum absolute atomic E-state index is 12.7. The highest BCUT2D eigenvalue weighted by molar-refractivity contribution is 5.92. The Hall–Kier alpha value is -1.49. The lowest BCUT2D eigenvalue weighted by Crippen LogP contribution is -2.40. The molecule has 3 rings (SSSR count). The van der Waals surface area contributed by atoms with Crippen molar-refractivity contribution in [3.05, 3.63) is 23.3 Å². The summed E-state index contributed by atoms with van der Waals surface area (Å²) in [4.78, 5) is 25.7. The number of fused-ring (bicyclic) bond motifs is 1. The summed E-state index contributed by atoms with van der Waals surface area (Å²) in [5.41, 5.74) is 1.40. The van der Waals surface area contributed by atoms with Gasteiger partial charge in [0.25, 0.3) is 5.91 Å². The number of carbonyl (C=O) groups excluding carboxylic acids is 1. The van der Waals surface area contributed by atoms with Crippen molar-refractivity contribution >= 4 is 5.91 Å². The molecule has 0 N–H and O–H groups in total. The number of aromatic nitrogens is 2. The second-order valence-electron chi connectivity index (χ2n) is 5.88. The Morgan fingerprint density at radius 3 is 2.80 bits per heavy atom. The molecule has 0 bridgehead atoms. The first kappa shape index (κ1) is 13.5. The largest absolute Gasteiger partial charge is 0.336 e. The number of hydrogen-bond acceptors (Lipinski definition) is 4. The predicted octanol–water partition coefficient (Wildman–Crippen LogP) is 1.40. The molecule has 0 unspecified atom stereocenters. The Morgan fingerprint density at radius 2 is 2.00 bits per heavy atom. The lowest BCUT2D eigenvalue weighted by molar-refractivity contribution is 0.0737. The molecule has 0 aliphatic carbocycles. The quantitative estimate of drug-likeness (QED) is 0.777. The van der Waals surface area contributed by atoms with E-state index >= 15 is 0 Å². The van der Waals surface area contributed by atoms with E-state index < -0.39 is 0 Å². The molecule has 1 amide bonds. The van der Waals surface area contributed by atoms with Crippen LogP contribution in [0.3, 0.4) is 0 Å². The second-order valence-corrected chi connectivity index (χ2v) is 5.88. The van der Waals surface area contributed by atoms with E-state index in [0.717, 1.165) is 31.7 Å². The van der Waals surface area contributed by atoms with Crippen LogP contribution in [0.2, 0.25) is 0 Å². The van der Waals surface area contributed by atoms with E-state index in [4.69, 9.17) is 0 Å². The molecule has 0 aromatic carbocycles. The van der Waals surface area contributed by atoms with Gasteiger partial charge < -0.3 is 4.90 Å². The molecule has 5 nitrogen and oxygen atoms in total. The lowest BCUT2D eigenvalue weighted by atomic mass is 10.2. The molecule has 5 heteroatoms. The highest BCUT2D eigenvalue weighted by Gasteiger charge is 2.31. The van der Waals surface area contributed by atoms with Crippen molar-refractivity contribution in [3.63, 3.8) is 0 Å². The fourth-order valence-electron chi connectivity index (χ4n) is 3.38. The first-order valence-electron chi connectivity index (χ1n) is 7.49. The van der Waals surface area contributed by atoms with Gasteiger partial charge in [-0.3, -0.25) is 9.69 Å². The molecule has 1 atom stereocenters. The van der Waals surface area contributed by atoms with Gasteiger partial charge in [-0.25, -0.2) is 9.97 Å². The van der Waals surface area contributed by atoms with Gasteiger partial charge >= 0.3 is 0 Å². The second kappa shape index (κ2) is 5.48. The van der Waals surface area contributed by atoms with Gasteiger partial charge in [-0.2, -0.15) is 0 Å². The molecule has 2 aliphatic heterocycles. The van der Waals surface area contributed by atoms with Crippen LogP contribution in [0.25, 0.3) is 0 Å². The molecule has 1 aromatic rings. The number of rotatable bonds is 1. The molecule has 2 saturated heterocycles. The fraction of sp³-hybridized carbons (Fsp3) is 0.667. The van der Waals surface area contributed by atoms with Crippen molar-refractivity contribution < 1.29 is 4.79 Å². The zero-order valence-electron chi connectivity index (χ0n) is 12.3. The van der Waals surface area contributed by atoms with Gasteiger partial charge in [0.05, 0.1) is 0 Å². The van der Waals surface area contributed by atoms with Crippen molar-refractivity contribution in [2.75, 3.05) is 26.2 Å². The van der Waals surface area contributed by atoms with Crippen LogP contribution in [0, 0.1) is 13.8 Å². The van der Waals surface area contributed by atoms with Gasteiger partial charge in [0.1, 0.15) is 11.5 Å². The lowest BCUT2D eigenvalue weighted by Gasteiger charge is -2.25. The standard InChI is InChI=1S/C15H22N4O/c1-11-9-14(17-12(2)16-11)15(20)19-8-4-7-18-6-3-5-13(18)10-19/h9,13H,3-8,10H2,1-2H3/t13-/m0/s1. The molecule has 2 fully saturated rings. The van der Waals surface area contributed by atoms with Crippen molar-refractivity contribution in [3.8, 4) is 0 Å². The molecule has 108 valence electrons. The number of hydrogen-bond donors (Lipinski definition) is 0. The third-order valence-corrected chi connectivity index (χ3v) is 4.28. The number of amides is 1. The summed E-state index contributed by atoms with van der Waals surface area (Å²) in [7, 11) is 0. The predicted molar refractivity (Wildman–Crippen MR) is 76.6 cm³/mol. The normalized spacial score (nSPS) is 23.5. The van der Waals surface area contributed by atoms with Gasteiger partial charge in [-0.05, 0) is 45.7 Å². The van der Waals surface area contributed by atoms with E-state index in [1.54, 1.807) is 6.07 Å². The summed E-state index contributed by atoms with van der Waals surface area (Å²) < 4.78 is 0. The maximum Gasteiger partial charge on any atom is 0.272 e. The smallest absolute Gasteiger partial charge is 0.272 e. The Morgan fingerprint density at radius 1 is 1.20 bits per heavy atom. The van der Waals surface area contributed by atoms with Crippen molar-refractivity contribution in [1.82, 2.24) is 19.8 Å². The molecule has 0 radical (unpaired) electrons. The van der Waals surface area contributed by atoms with Crippen LogP contribution in [-0.4, -0.2) is 57.9 Å². The minimum atomic E-state index is 0.0624. The van der Waals surface area contributed by atoms with Crippen molar-refractivity contribution in [2.24, 2.45) is 0 Å². The SMILES string of the molecule is Cc1cc(C(=O)N2CCCN3CCC[C@H]3C2)nc(C)n1. The van der Waals surface area contributed by atoms with Crippen molar-refractivity contribution in [2.45, 2.75) is 39.2 Å². The number of carbonyl (C=O) groups is 1. The van der Waals surface area contributed by atoms with Gasteiger partial charge in [-0.1, -0.05) is 0 Å². The Bertz CT molecular complexity index is 496.